The van der Waals surface area contributed by atoms with Crippen LogP contribution in [0.25, 0.3) is 0 Å². The van der Waals surface area contributed by atoms with Gasteiger partial charge in [-0.1, -0.05) is 43.3 Å². The van der Waals surface area contributed by atoms with Crippen molar-refractivity contribution in [3.8, 4) is 0 Å². The lowest BCUT2D eigenvalue weighted by Gasteiger charge is -2.38. The third-order valence-electron chi connectivity index (χ3n) is 6.81. The molecule has 3 aliphatic carbocycles. The first-order valence-electron chi connectivity index (χ1n) is 9.56. The minimum atomic E-state index is -0.302. The monoisotopic (exact) mass is 306 g/mol. The first-order valence-corrected chi connectivity index (χ1v) is 9.56. The van der Waals surface area contributed by atoms with E-state index in [1.807, 2.05) is 0 Å². The molecular formula is C20H34O2. The Morgan fingerprint density at radius 1 is 0.682 bits per heavy atom. The number of rotatable bonds is 3. The molecule has 0 atom stereocenters. The van der Waals surface area contributed by atoms with E-state index in [1.54, 1.807) is 25.4 Å². The number of hydrogen-bond acceptors (Lipinski definition) is 2. The summed E-state index contributed by atoms with van der Waals surface area (Å²) in [5.41, 5.74) is 3.54. The summed E-state index contributed by atoms with van der Waals surface area (Å²) in [5, 5.41) is 0. The molecule has 3 saturated carbocycles. The molecule has 0 unspecified atom stereocenters. The van der Waals surface area contributed by atoms with Crippen LogP contribution < -0.4 is 0 Å². The van der Waals surface area contributed by atoms with Gasteiger partial charge >= 0.3 is 0 Å². The third kappa shape index (κ3) is 3.59. The molecule has 0 aromatic rings. The van der Waals surface area contributed by atoms with E-state index in [2.05, 4.69) is 0 Å². The van der Waals surface area contributed by atoms with E-state index < -0.39 is 0 Å². The first kappa shape index (κ1) is 16.5. The lowest BCUT2D eigenvalue weighted by Crippen LogP contribution is -2.36. The Bertz CT molecular complexity index is 367. The Balaban J connectivity index is 1.52. The van der Waals surface area contributed by atoms with E-state index in [9.17, 15) is 0 Å². The molecule has 3 rings (SSSR count). The van der Waals surface area contributed by atoms with E-state index in [0.29, 0.717) is 0 Å². The van der Waals surface area contributed by atoms with Crippen LogP contribution in [0.3, 0.4) is 0 Å². The largest absolute Gasteiger partial charge is 0.353 e. The van der Waals surface area contributed by atoms with Gasteiger partial charge in [0.1, 0.15) is 0 Å². The number of allylic oxidation sites excluding steroid dienone is 2. The Morgan fingerprint density at radius 3 is 1.73 bits per heavy atom. The molecule has 0 amide bonds. The topological polar surface area (TPSA) is 18.5 Å². The summed E-state index contributed by atoms with van der Waals surface area (Å²) in [6.45, 7) is 0. The molecule has 0 N–H and O–H groups in total. The van der Waals surface area contributed by atoms with E-state index >= 15 is 0 Å². The van der Waals surface area contributed by atoms with Crippen LogP contribution in [0.4, 0.5) is 0 Å². The van der Waals surface area contributed by atoms with E-state index in [-0.39, 0.29) is 5.79 Å². The maximum absolute atomic E-state index is 5.62. The quantitative estimate of drug-likeness (QED) is 0.498. The number of ether oxygens (including phenoxy) is 2. The van der Waals surface area contributed by atoms with Crippen LogP contribution >= 0.6 is 0 Å². The number of hydrogen-bond donors (Lipinski definition) is 0. The summed E-state index contributed by atoms with van der Waals surface area (Å²) in [6.07, 6.45) is 17.6. The van der Waals surface area contributed by atoms with Crippen LogP contribution in [0.5, 0.6) is 0 Å². The van der Waals surface area contributed by atoms with Crippen LogP contribution in [0.2, 0.25) is 0 Å². The van der Waals surface area contributed by atoms with Crippen molar-refractivity contribution in [3.63, 3.8) is 0 Å². The van der Waals surface area contributed by atoms with Crippen LogP contribution in [0.1, 0.15) is 83.5 Å². The fraction of sp³-hybridized carbons (Fsp3) is 0.900. The maximum atomic E-state index is 5.62. The summed E-state index contributed by atoms with van der Waals surface area (Å²) in [5.74, 6) is 1.79. The molecule has 0 bridgehead atoms. The van der Waals surface area contributed by atoms with Crippen molar-refractivity contribution in [1.29, 1.82) is 0 Å². The second kappa shape index (κ2) is 7.49. The van der Waals surface area contributed by atoms with Crippen molar-refractivity contribution in [2.45, 2.75) is 89.3 Å². The van der Waals surface area contributed by atoms with Gasteiger partial charge in [0.25, 0.3) is 0 Å². The van der Waals surface area contributed by atoms with Gasteiger partial charge in [0, 0.05) is 27.1 Å². The molecule has 0 heterocycles. The van der Waals surface area contributed by atoms with Gasteiger partial charge in [-0.3, -0.25) is 0 Å². The van der Waals surface area contributed by atoms with Gasteiger partial charge in [-0.05, 0) is 50.4 Å². The molecule has 0 aliphatic heterocycles. The van der Waals surface area contributed by atoms with Gasteiger partial charge in [0.15, 0.2) is 5.79 Å². The van der Waals surface area contributed by atoms with Crippen LogP contribution in [-0.2, 0) is 9.47 Å². The molecule has 0 aromatic carbocycles. The molecule has 2 heteroatoms. The standard InChI is InChI=1S/C20H34O2/c1-21-20(22-2)14-12-19(13-15-20)18-10-8-17(9-11-18)16-6-4-3-5-7-16/h16-17H,3-15H2,1-2H3. The normalized spacial score (nSPS) is 30.5. The highest BCUT2D eigenvalue weighted by Crippen LogP contribution is 2.43. The second-order valence-electron chi connectivity index (χ2n) is 7.76. The van der Waals surface area contributed by atoms with Crippen LogP contribution in [0.15, 0.2) is 11.1 Å². The van der Waals surface area contributed by atoms with Crippen LogP contribution in [0, 0.1) is 11.8 Å². The van der Waals surface area contributed by atoms with Crippen LogP contribution in [-0.4, -0.2) is 20.0 Å². The van der Waals surface area contributed by atoms with Gasteiger partial charge in [0.2, 0.25) is 0 Å². The van der Waals surface area contributed by atoms with Crippen molar-refractivity contribution in [2.24, 2.45) is 11.8 Å². The molecule has 0 radical (unpaired) electrons. The van der Waals surface area contributed by atoms with Crippen molar-refractivity contribution >= 4 is 0 Å². The molecule has 3 fully saturated rings. The average Bonchev–Trinajstić information content (AvgIpc) is 2.63. The highest BCUT2D eigenvalue weighted by atomic mass is 16.7. The summed E-state index contributed by atoms with van der Waals surface area (Å²) in [6, 6.07) is 0. The maximum Gasteiger partial charge on any atom is 0.168 e. The number of methoxy groups -OCH3 is 2. The molecule has 0 saturated heterocycles. The molecular weight excluding hydrogens is 272 g/mol. The minimum Gasteiger partial charge on any atom is -0.353 e. The van der Waals surface area contributed by atoms with E-state index in [0.717, 1.165) is 24.7 Å². The van der Waals surface area contributed by atoms with Gasteiger partial charge < -0.3 is 9.47 Å². The molecule has 0 aromatic heterocycles. The highest BCUT2D eigenvalue weighted by molar-refractivity contribution is 5.19. The lowest BCUT2D eigenvalue weighted by molar-refractivity contribution is -0.218. The van der Waals surface area contributed by atoms with Crippen molar-refractivity contribution < 1.29 is 9.47 Å². The predicted octanol–water partition coefficient (Wildman–Crippen LogP) is 5.62. The van der Waals surface area contributed by atoms with Gasteiger partial charge in [-0.15, -0.1) is 0 Å². The fourth-order valence-corrected chi connectivity index (χ4v) is 5.20. The fourth-order valence-electron chi connectivity index (χ4n) is 5.20. The second-order valence-corrected chi connectivity index (χ2v) is 7.76. The van der Waals surface area contributed by atoms with Crippen molar-refractivity contribution in [1.82, 2.24) is 0 Å². The summed E-state index contributed by atoms with van der Waals surface area (Å²) in [7, 11) is 3.58. The highest BCUT2D eigenvalue weighted by Gasteiger charge is 2.35. The predicted molar refractivity (Wildman–Crippen MR) is 90.8 cm³/mol. The van der Waals surface area contributed by atoms with Gasteiger partial charge in [-0.2, -0.15) is 0 Å². The summed E-state index contributed by atoms with van der Waals surface area (Å²) in [4.78, 5) is 0. The van der Waals surface area contributed by atoms with E-state index in [4.69, 9.17) is 9.47 Å². The zero-order valence-electron chi connectivity index (χ0n) is 14.7. The summed E-state index contributed by atoms with van der Waals surface area (Å²) < 4.78 is 11.2. The van der Waals surface area contributed by atoms with Crippen molar-refractivity contribution in [3.05, 3.63) is 11.1 Å². The minimum absolute atomic E-state index is 0.302. The van der Waals surface area contributed by atoms with Crippen molar-refractivity contribution in [2.75, 3.05) is 14.2 Å². The Morgan fingerprint density at radius 2 is 1.18 bits per heavy atom. The molecule has 2 nitrogen and oxygen atoms in total. The Hall–Kier alpha value is -0.340. The zero-order chi connectivity index (χ0) is 15.4. The molecule has 22 heavy (non-hydrogen) atoms. The third-order valence-corrected chi connectivity index (χ3v) is 6.81. The summed E-state index contributed by atoms with van der Waals surface area (Å²) >= 11 is 0. The Labute approximate surface area is 136 Å². The molecule has 126 valence electrons. The van der Waals surface area contributed by atoms with Gasteiger partial charge in [-0.25, -0.2) is 0 Å². The average molecular weight is 306 g/mol. The molecule has 0 spiro atoms. The molecule has 3 aliphatic rings. The van der Waals surface area contributed by atoms with Gasteiger partial charge in [0.05, 0.1) is 0 Å². The Kier molecular flexibility index (Phi) is 5.62. The smallest absolute Gasteiger partial charge is 0.168 e. The first-order chi connectivity index (χ1) is 10.8. The van der Waals surface area contributed by atoms with E-state index in [1.165, 1.54) is 70.6 Å². The SMILES string of the molecule is COC1(OC)CCC(=C2CCC(C3CCCCC3)CC2)CC1. The lowest BCUT2D eigenvalue weighted by atomic mass is 9.71. The zero-order valence-corrected chi connectivity index (χ0v) is 14.7.